The summed E-state index contributed by atoms with van der Waals surface area (Å²) in [6.45, 7) is -0.315. The number of furan rings is 1. The molecule has 0 aliphatic heterocycles. The molecule has 8 N–H and O–H groups in total. The fourth-order valence-electron chi connectivity index (χ4n) is 3.79. The first-order valence-corrected chi connectivity index (χ1v) is 13.7. The van der Waals surface area contributed by atoms with Gasteiger partial charge in [0.2, 0.25) is 11.8 Å². The van der Waals surface area contributed by atoms with Crippen LogP contribution in [0.4, 0.5) is 0 Å². The molecule has 2 amide bonds. The van der Waals surface area contributed by atoms with E-state index < -0.39 is 65.5 Å². The van der Waals surface area contributed by atoms with Crippen LogP contribution in [0.3, 0.4) is 0 Å². The van der Waals surface area contributed by atoms with E-state index in [0.29, 0.717) is 16.4 Å². The van der Waals surface area contributed by atoms with Crippen LogP contribution in [0.5, 0.6) is 5.75 Å². The van der Waals surface area contributed by atoms with Crippen molar-refractivity contribution in [1.29, 1.82) is 0 Å². The number of carbonyl (C=O) groups excluding carboxylic acids is 2. The highest BCUT2D eigenvalue weighted by Gasteiger charge is 2.35. The molecule has 15 nitrogen and oxygen atoms in total. The largest absolute Gasteiger partial charge is 0.491 e. The fourth-order valence-corrected chi connectivity index (χ4v) is 5.05. The summed E-state index contributed by atoms with van der Waals surface area (Å²) < 4.78 is 16.7. The summed E-state index contributed by atoms with van der Waals surface area (Å²) in [5.74, 6) is -4.09. The number of hydrogen-bond acceptors (Lipinski definition) is 12. The molecule has 3 rings (SSSR count). The summed E-state index contributed by atoms with van der Waals surface area (Å²) in [5.41, 5.74) is 3.65. The molecule has 2 aromatic heterocycles. The first-order valence-electron chi connectivity index (χ1n) is 12.6. The minimum absolute atomic E-state index is 0.193. The highest BCUT2D eigenvalue weighted by Crippen LogP contribution is 2.36. The van der Waals surface area contributed by atoms with Gasteiger partial charge in [0.05, 0.1) is 34.5 Å². The third-order valence-electron chi connectivity index (χ3n) is 6.23. The Labute approximate surface area is 242 Å². The van der Waals surface area contributed by atoms with E-state index in [-0.39, 0.29) is 36.5 Å². The van der Waals surface area contributed by atoms with Crippen LogP contribution in [-0.4, -0.2) is 92.6 Å². The number of fused-ring (bicyclic) bond motifs is 2. The number of aliphatic hydroxyl groups is 2. The lowest BCUT2D eigenvalue weighted by molar-refractivity contribution is -0.139. The third kappa shape index (κ3) is 8.45. The van der Waals surface area contributed by atoms with Gasteiger partial charge in [-0.15, -0.1) is 11.8 Å². The number of ether oxygens (including phenoxy) is 1. The number of rotatable bonds is 16. The van der Waals surface area contributed by atoms with Crippen molar-refractivity contribution in [2.45, 2.75) is 42.7 Å². The fraction of sp³-hybridized carbons (Fsp3) is 0.423. The summed E-state index contributed by atoms with van der Waals surface area (Å²) in [6, 6.07) is 3.28. The van der Waals surface area contributed by atoms with Gasteiger partial charge in [-0.2, -0.15) is 0 Å². The second-order valence-corrected chi connectivity index (χ2v) is 10.8. The Kier molecular flexibility index (Phi) is 10.9. The first kappa shape index (κ1) is 32.4. The molecule has 0 fully saturated rings. The molecular weight excluding hydrogens is 578 g/mol. The van der Waals surface area contributed by atoms with Crippen LogP contribution in [0.25, 0.3) is 21.9 Å². The van der Waals surface area contributed by atoms with Gasteiger partial charge in [0.1, 0.15) is 42.2 Å². The van der Waals surface area contributed by atoms with Crippen LogP contribution in [0.1, 0.15) is 19.8 Å². The van der Waals surface area contributed by atoms with Gasteiger partial charge in [0.25, 0.3) is 0 Å². The zero-order valence-electron chi connectivity index (χ0n) is 22.4. The maximum Gasteiger partial charge on any atom is 0.336 e. The molecule has 4 unspecified atom stereocenters. The molecule has 42 heavy (non-hydrogen) atoms. The molecule has 16 heteroatoms. The summed E-state index contributed by atoms with van der Waals surface area (Å²) >= 11 is 0.956. The monoisotopic (exact) mass is 609 g/mol. The lowest BCUT2D eigenvalue weighted by atomic mass is 10.0. The highest BCUT2D eigenvalue weighted by molar-refractivity contribution is 8.00. The number of carboxylic acid groups (broad SMARTS) is 2. The Balaban J connectivity index is 1.80. The summed E-state index contributed by atoms with van der Waals surface area (Å²) in [7, 11) is 0. The second kappa shape index (κ2) is 14.2. The Bertz CT molecular complexity index is 1500. The second-order valence-electron chi connectivity index (χ2n) is 9.57. The standard InChI is InChI=1S/C26H31N3O12S/c1-26(38,12-30)19(10-40-23-13-2-5-22(34)41-18(13)8-17-14(23)6-7-39-17)42-11-16(24(35)28-9-21(32)33)29-20(31)4-3-15(27)25(36)37/h2,5-8,15-16,19,30,38H,3-4,9-12,27H2,1H3,(H,28,35)(H,29,31)(H,32,33)(H,36,37). The van der Waals surface area contributed by atoms with Gasteiger partial charge < -0.3 is 50.4 Å². The van der Waals surface area contributed by atoms with Gasteiger partial charge in [0, 0.05) is 24.3 Å². The van der Waals surface area contributed by atoms with Crippen molar-refractivity contribution in [1.82, 2.24) is 10.6 Å². The number of benzene rings is 1. The maximum absolute atomic E-state index is 12.7. The molecule has 0 aliphatic carbocycles. The molecule has 2 heterocycles. The molecule has 0 aliphatic rings. The van der Waals surface area contributed by atoms with Crippen molar-refractivity contribution in [3.05, 3.63) is 40.9 Å². The van der Waals surface area contributed by atoms with Crippen LogP contribution >= 0.6 is 11.8 Å². The average molecular weight is 610 g/mol. The van der Waals surface area contributed by atoms with Crippen LogP contribution in [0, 0.1) is 0 Å². The van der Waals surface area contributed by atoms with Crippen molar-refractivity contribution >= 4 is 57.5 Å². The minimum atomic E-state index is -1.75. The minimum Gasteiger partial charge on any atom is -0.491 e. The number of hydrogen-bond donors (Lipinski definition) is 7. The third-order valence-corrected chi connectivity index (χ3v) is 7.80. The van der Waals surface area contributed by atoms with E-state index in [1.165, 1.54) is 31.4 Å². The van der Waals surface area contributed by atoms with Crippen molar-refractivity contribution < 1.29 is 53.2 Å². The number of carbonyl (C=O) groups is 4. The molecule has 228 valence electrons. The van der Waals surface area contributed by atoms with Crippen molar-refractivity contribution in [2.75, 3.05) is 25.5 Å². The van der Waals surface area contributed by atoms with Crippen LogP contribution in [0.15, 0.2) is 44.2 Å². The number of aliphatic hydroxyl groups excluding tert-OH is 1. The normalized spacial score (nSPS) is 15.0. The van der Waals surface area contributed by atoms with E-state index in [2.05, 4.69) is 10.6 Å². The molecule has 0 spiro atoms. The number of carboxylic acids is 2. The molecule has 0 bridgehead atoms. The lowest BCUT2D eigenvalue weighted by Gasteiger charge is -2.32. The van der Waals surface area contributed by atoms with Gasteiger partial charge in [0.15, 0.2) is 0 Å². The number of nitrogens with one attached hydrogen (secondary N) is 2. The highest BCUT2D eigenvalue weighted by atomic mass is 32.2. The molecule has 0 saturated carbocycles. The predicted molar refractivity (Wildman–Crippen MR) is 149 cm³/mol. The summed E-state index contributed by atoms with van der Waals surface area (Å²) in [4.78, 5) is 58.8. The van der Waals surface area contributed by atoms with Gasteiger partial charge in [-0.25, -0.2) is 4.79 Å². The number of nitrogens with two attached hydrogens (primary N) is 1. The molecule has 3 aromatic rings. The van der Waals surface area contributed by atoms with E-state index in [0.717, 1.165) is 11.8 Å². The van der Waals surface area contributed by atoms with Crippen molar-refractivity contribution in [3.8, 4) is 5.75 Å². The van der Waals surface area contributed by atoms with Crippen molar-refractivity contribution in [2.24, 2.45) is 5.73 Å². The summed E-state index contributed by atoms with van der Waals surface area (Å²) in [5, 5.41) is 43.3. The van der Waals surface area contributed by atoms with Gasteiger partial charge in [-0.3, -0.25) is 19.2 Å². The Hall–Kier alpha value is -4.12. The van der Waals surface area contributed by atoms with Gasteiger partial charge in [-0.05, 0) is 25.5 Å². The van der Waals surface area contributed by atoms with E-state index in [4.69, 9.17) is 29.5 Å². The quantitative estimate of drug-likeness (QED) is 0.102. The SMILES string of the molecule is CC(O)(CO)C(COc1c2ccoc2cc2oc(=O)ccc12)SCC(NC(=O)CCC(N)C(=O)O)C(=O)NCC(=O)O. The van der Waals surface area contributed by atoms with Crippen LogP contribution < -0.4 is 26.7 Å². The summed E-state index contributed by atoms with van der Waals surface area (Å²) in [6.07, 6.45) is 0.887. The Morgan fingerprint density at radius 2 is 1.86 bits per heavy atom. The van der Waals surface area contributed by atoms with Gasteiger partial charge >= 0.3 is 17.6 Å². The Morgan fingerprint density at radius 1 is 1.14 bits per heavy atom. The molecule has 4 atom stereocenters. The first-order chi connectivity index (χ1) is 19.8. The maximum atomic E-state index is 12.7. The molecule has 0 radical (unpaired) electrons. The smallest absolute Gasteiger partial charge is 0.336 e. The topological polar surface area (TPSA) is 252 Å². The predicted octanol–water partition coefficient (Wildman–Crippen LogP) is -0.359. The van der Waals surface area contributed by atoms with E-state index in [1.54, 1.807) is 6.07 Å². The van der Waals surface area contributed by atoms with Crippen molar-refractivity contribution in [3.63, 3.8) is 0 Å². The van der Waals surface area contributed by atoms with Gasteiger partial charge in [-0.1, -0.05) is 0 Å². The zero-order chi connectivity index (χ0) is 31.0. The zero-order valence-corrected chi connectivity index (χ0v) is 23.2. The number of thioether (sulfide) groups is 1. The van der Waals surface area contributed by atoms with E-state index >= 15 is 0 Å². The molecule has 1 aromatic carbocycles. The number of aliphatic carboxylic acids is 2. The Morgan fingerprint density at radius 3 is 2.52 bits per heavy atom. The van der Waals surface area contributed by atoms with E-state index in [1.807, 2.05) is 0 Å². The number of amides is 2. The van der Waals surface area contributed by atoms with Crippen LogP contribution in [0.2, 0.25) is 0 Å². The average Bonchev–Trinajstić information content (AvgIpc) is 3.41. The van der Waals surface area contributed by atoms with E-state index in [9.17, 15) is 34.2 Å². The molecule has 0 saturated heterocycles. The lowest BCUT2D eigenvalue weighted by Crippen LogP contribution is -2.51. The molecular formula is C26H31N3O12S. The van der Waals surface area contributed by atoms with Crippen LogP contribution in [-0.2, 0) is 19.2 Å².